The summed E-state index contributed by atoms with van der Waals surface area (Å²) in [6, 6.07) is 17.4. The van der Waals surface area contributed by atoms with Crippen molar-refractivity contribution in [2.24, 2.45) is 5.10 Å². The molecular formula is C25H23N5OS. The Balaban J connectivity index is 1.36. The van der Waals surface area contributed by atoms with Gasteiger partial charge in [0.2, 0.25) is 0 Å². The Kier molecular flexibility index (Phi) is 5.89. The zero-order valence-corrected chi connectivity index (χ0v) is 18.4. The minimum absolute atomic E-state index is 0.266. The van der Waals surface area contributed by atoms with Crippen molar-refractivity contribution in [3.63, 3.8) is 0 Å². The lowest BCUT2D eigenvalue weighted by atomic mass is 10.0. The zero-order valence-electron chi connectivity index (χ0n) is 17.6. The van der Waals surface area contributed by atoms with Crippen molar-refractivity contribution in [3.05, 3.63) is 77.4 Å². The third-order valence-corrected chi connectivity index (χ3v) is 6.64. The highest BCUT2D eigenvalue weighted by Gasteiger charge is 2.14. The lowest BCUT2D eigenvalue weighted by molar-refractivity contribution is 0.0956. The fraction of sp³-hybridized carbons (Fsp3) is 0.200. The second-order valence-electron chi connectivity index (χ2n) is 7.74. The number of aromatic nitrogens is 2. The molecule has 0 bridgehead atoms. The van der Waals surface area contributed by atoms with Gasteiger partial charge in [-0.3, -0.25) is 9.78 Å². The van der Waals surface area contributed by atoms with Crippen LogP contribution in [0.2, 0.25) is 0 Å². The summed E-state index contributed by atoms with van der Waals surface area (Å²) in [5.74, 6) is -0.266. The van der Waals surface area contributed by atoms with Crippen molar-refractivity contribution in [1.29, 1.82) is 0 Å². The maximum atomic E-state index is 13.0. The molecule has 0 atom stereocenters. The molecule has 1 aromatic carbocycles. The van der Waals surface area contributed by atoms with Crippen LogP contribution in [0, 0.1) is 0 Å². The number of carbonyl (C=O) groups is 1. The second-order valence-corrected chi connectivity index (χ2v) is 8.83. The molecule has 4 heterocycles. The van der Waals surface area contributed by atoms with E-state index in [1.54, 1.807) is 36.0 Å². The highest BCUT2D eigenvalue weighted by molar-refractivity contribution is 7.17. The first-order chi connectivity index (χ1) is 15.8. The van der Waals surface area contributed by atoms with Crippen molar-refractivity contribution >= 4 is 39.4 Å². The summed E-state index contributed by atoms with van der Waals surface area (Å²) in [5, 5.41) is 6.27. The van der Waals surface area contributed by atoms with E-state index in [0.717, 1.165) is 34.4 Å². The normalized spacial score (nSPS) is 14.2. The summed E-state index contributed by atoms with van der Waals surface area (Å²) in [5.41, 5.74) is 5.54. The third kappa shape index (κ3) is 4.38. The average Bonchev–Trinajstić information content (AvgIpc) is 3.33. The fourth-order valence-corrected chi connectivity index (χ4v) is 4.87. The lowest BCUT2D eigenvalue weighted by Crippen LogP contribution is -2.28. The predicted molar refractivity (Wildman–Crippen MR) is 130 cm³/mol. The predicted octanol–water partition coefficient (Wildman–Crippen LogP) is 5.11. The molecule has 0 radical (unpaired) electrons. The molecule has 0 spiro atoms. The molecule has 6 nitrogen and oxygen atoms in total. The number of hydrogen-bond acceptors (Lipinski definition) is 6. The SMILES string of the molecule is O=C(NN=Cc1ccc(N2CCCCC2)s1)c1cc(-c2cccnc2)nc2ccccc12. The number of hydrogen-bond donors (Lipinski definition) is 1. The molecule has 5 rings (SSSR count). The molecule has 7 heteroatoms. The van der Waals surface area contributed by atoms with Crippen molar-refractivity contribution in [3.8, 4) is 11.3 Å². The maximum Gasteiger partial charge on any atom is 0.272 e. The fourth-order valence-electron chi connectivity index (χ4n) is 3.94. The molecule has 0 aliphatic carbocycles. The lowest BCUT2D eigenvalue weighted by Gasteiger charge is -2.27. The van der Waals surface area contributed by atoms with Crippen LogP contribution in [0.4, 0.5) is 5.00 Å². The smallest absolute Gasteiger partial charge is 0.272 e. The zero-order chi connectivity index (χ0) is 21.8. The Morgan fingerprint density at radius 2 is 1.94 bits per heavy atom. The minimum atomic E-state index is -0.266. The van der Waals surface area contributed by atoms with Crippen molar-refractivity contribution in [2.75, 3.05) is 18.0 Å². The van der Waals surface area contributed by atoms with Gasteiger partial charge in [-0.2, -0.15) is 5.10 Å². The molecule has 1 amide bonds. The first kappa shape index (κ1) is 20.3. The van der Waals surface area contributed by atoms with E-state index >= 15 is 0 Å². The van der Waals surface area contributed by atoms with Crippen LogP contribution in [0.1, 0.15) is 34.5 Å². The molecule has 3 aromatic heterocycles. The number of carbonyl (C=O) groups excluding carboxylic acids is 1. The first-order valence-electron chi connectivity index (χ1n) is 10.8. The molecule has 0 saturated carbocycles. The van der Waals surface area contributed by atoms with E-state index in [1.807, 2.05) is 42.5 Å². The summed E-state index contributed by atoms with van der Waals surface area (Å²) in [7, 11) is 0. The summed E-state index contributed by atoms with van der Waals surface area (Å²) < 4.78 is 0. The number of para-hydroxylation sites is 1. The summed E-state index contributed by atoms with van der Waals surface area (Å²) in [4.78, 5) is 25.3. The largest absolute Gasteiger partial charge is 0.363 e. The third-order valence-electron chi connectivity index (χ3n) is 5.56. The van der Waals surface area contributed by atoms with Gasteiger partial charge in [-0.1, -0.05) is 18.2 Å². The number of rotatable bonds is 5. The number of benzene rings is 1. The van der Waals surface area contributed by atoms with Crippen LogP contribution in [-0.2, 0) is 0 Å². The molecular weight excluding hydrogens is 418 g/mol. The Morgan fingerprint density at radius 3 is 2.78 bits per heavy atom. The van der Waals surface area contributed by atoms with E-state index in [2.05, 4.69) is 26.5 Å². The number of nitrogens with one attached hydrogen (secondary N) is 1. The Bertz CT molecular complexity index is 1260. The van der Waals surface area contributed by atoms with Crippen LogP contribution in [0.3, 0.4) is 0 Å². The van der Waals surface area contributed by atoms with Crippen molar-refractivity contribution in [1.82, 2.24) is 15.4 Å². The number of amides is 1. The van der Waals surface area contributed by atoms with E-state index in [1.165, 1.54) is 24.3 Å². The van der Waals surface area contributed by atoms with Crippen molar-refractivity contribution in [2.45, 2.75) is 19.3 Å². The van der Waals surface area contributed by atoms with Crippen LogP contribution in [0.15, 0.2) is 72.1 Å². The van der Waals surface area contributed by atoms with Gasteiger partial charge in [0, 0.05) is 41.3 Å². The van der Waals surface area contributed by atoms with Gasteiger partial charge in [0.05, 0.1) is 28.0 Å². The van der Waals surface area contributed by atoms with E-state index in [4.69, 9.17) is 4.98 Å². The molecule has 160 valence electrons. The first-order valence-corrected chi connectivity index (χ1v) is 11.6. The summed E-state index contributed by atoms with van der Waals surface area (Å²) in [6.45, 7) is 2.23. The van der Waals surface area contributed by atoms with Gasteiger partial charge in [-0.25, -0.2) is 10.4 Å². The molecule has 1 N–H and O–H groups in total. The monoisotopic (exact) mass is 441 g/mol. The van der Waals surface area contributed by atoms with Crippen LogP contribution in [-0.4, -0.2) is 35.2 Å². The van der Waals surface area contributed by atoms with Gasteiger partial charge < -0.3 is 4.90 Å². The van der Waals surface area contributed by atoms with Gasteiger partial charge in [0.25, 0.3) is 5.91 Å². The molecule has 1 aliphatic rings. The van der Waals surface area contributed by atoms with E-state index in [-0.39, 0.29) is 5.91 Å². The quantitative estimate of drug-likeness (QED) is 0.345. The van der Waals surface area contributed by atoms with E-state index in [9.17, 15) is 4.79 Å². The Hall–Kier alpha value is -3.58. The van der Waals surface area contributed by atoms with Crippen molar-refractivity contribution < 1.29 is 4.79 Å². The Labute approximate surface area is 190 Å². The number of piperidine rings is 1. The molecule has 4 aromatic rings. The van der Waals surface area contributed by atoms with Gasteiger partial charge in [0.15, 0.2) is 0 Å². The van der Waals surface area contributed by atoms with Gasteiger partial charge in [0.1, 0.15) is 0 Å². The Morgan fingerprint density at radius 1 is 1.06 bits per heavy atom. The highest BCUT2D eigenvalue weighted by Crippen LogP contribution is 2.28. The molecule has 0 unspecified atom stereocenters. The number of pyridine rings is 2. The molecule has 1 aliphatic heterocycles. The van der Waals surface area contributed by atoms with Crippen LogP contribution in [0.25, 0.3) is 22.2 Å². The van der Waals surface area contributed by atoms with Crippen LogP contribution >= 0.6 is 11.3 Å². The standard InChI is InChI=1S/C25H23N5OS/c31-25(29-27-17-19-10-11-24(32-19)30-13-4-1-5-14-30)21-15-23(18-7-6-12-26-16-18)28-22-9-3-2-8-20(21)22/h2-3,6-12,15-17H,1,4-5,13-14H2,(H,29,31). The van der Waals surface area contributed by atoms with E-state index in [0.29, 0.717) is 11.3 Å². The second kappa shape index (κ2) is 9.28. The van der Waals surface area contributed by atoms with Crippen LogP contribution < -0.4 is 10.3 Å². The maximum absolute atomic E-state index is 13.0. The van der Waals surface area contributed by atoms with Gasteiger partial charge in [-0.15, -0.1) is 11.3 Å². The molecule has 1 fully saturated rings. The minimum Gasteiger partial charge on any atom is -0.363 e. The van der Waals surface area contributed by atoms with Crippen LogP contribution in [0.5, 0.6) is 0 Å². The molecule has 1 saturated heterocycles. The number of anilines is 1. The number of hydrazone groups is 1. The summed E-state index contributed by atoms with van der Waals surface area (Å²) >= 11 is 1.70. The number of nitrogens with zero attached hydrogens (tertiary/aromatic N) is 4. The van der Waals surface area contributed by atoms with E-state index < -0.39 is 0 Å². The number of thiophene rings is 1. The topological polar surface area (TPSA) is 70.5 Å². The van der Waals surface area contributed by atoms with Gasteiger partial charge >= 0.3 is 0 Å². The van der Waals surface area contributed by atoms with Gasteiger partial charge in [-0.05, 0) is 55.7 Å². The highest BCUT2D eigenvalue weighted by atomic mass is 32.1. The average molecular weight is 442 g/mol. The number of fused-ring (bicyclic) bond motifs is 1. The molecule has 32 heavy (non-hydrogen) atoms. The summed E-state index contributed by atoms with van der Waals surface area (Å²) in [6.07, 6.45) is 8.98.